The Morgan fingerprint density at radius 3 is 2.53 bits per heavy atom. The van der Waals surface area contributed by atoms with Crippen molar-refractivity contribution in [2.24, 2.45) is 5.41 Å². The molecule has 0 aliphatic heterocycles. The zero-order chi connectivity index (χ0) is 14.5. The van der Waals surface area contributed by atoms with Crippen molar-refractivity contribution in [3.8, 4) is 11.5 Å². The summed E-state index contributed by atoms with van der Waals surface area (Å²) in [6.07, 6.45) is 0. The zero-order valence-electron chi connectivity index (χ0n) is 12.2. The van der Waals surface area contributed by atoms with Crippen molar-refractivity contribution in [2.45, 2.75) is 40.3 Å². The number of benzene rings is 1. The van der Waals surface area contributed by atoms with Gasteiger partial charge >= 0.3 is 0 Å². The number of nitrogens with one attached hydrogen (secondary N) is 1. The van der Waals surface area contributed by atoms with E-state index in [4.69, 9.17) is 4.74 Å². The highest BCUT2D eigenvalue weighted by atomic mass is 16.5. The van der Waals surface area contributed by atoms with Crippen molar-refractivity contribution in [1.29, 1.82) is 0 Å². The summed E-state index contributed by atoms with van der Waals surface area (Å²) in [4.78, 5) is 0. The van der Waals surface area contributed by atoms with Crippen LogP contribution in [0, 0.1) is 5.41 Å². The van der Waals surface area contributed by atoms with Crippen LogP contribution in [-0.2, 0) is 6.54 Å². The molecule has 3 N–H and O–H groups in total. The van der Waals surface area contributed by atoms with Gasteiger partial charge in [-0.2, -0.15) is 0 Å². The summed E-state index contributed by atoms with van der Waals surface area (Å²) in [7, 11) is 0. The van der Waals surface area contributed by atoms with Crippen LogP contribution in [0.1, 0.15) is 33.3 Å². The molecule has 1 aromatic carbocycles. The number of phenols is 1. The summed E-state index contributed by atoms with van der Waals surface area (Å²) in [6, 6.07) is 5.42. The predicted molar refractivity (Wildman–Crippen MR) is 76.4 cm³/mol. The van der Waals surface area contributed by atoms with Crippen molar-refractivity contribution < 1.29 is 14.9 Å². The summed E-state index contributed by atoms with van der Waals surface area (Å²) in [5.74, 6) is 0.667. The Kier molecular flexibility index (Phi) is 5.63. The maximum Gasteiger partial charge on any atom is 0.162 e. The van der Waals surface area contributed by atoms with Crippen LogP contribution in [0.2, 0.25) is 0 Å². The Hall–Kier alpha value is -1.26. The van der Waals surface area contributed by atoms with Gasteiger partial charge < -0.3 is 20.3 Å². The Balaban J connectivity index is 2.75. The molecule has 0 aliphatic rings. The van der Waals surface area contributed by atoms with Gasteiger partial charge in [0.05, 0.1) is 13.2 Å². The van der Waals surface area contributed by atoms with Crippen molar-refractivity contribution in [1.82, 2.24) is 5.32 Å². The number of para-hydroxylation sites is 1. The van der Waals surface area contributed by atoms with E-state index in [1.165, 1.54) is 0 Å². The molecule has 0 amide bonds. The molecule has 0 spiro atoms. The van der Waals surface area contributed by atoms with Gasteiger partial charge in [-0.25, -0.2) is 0 Å². The molecular weight excluding hydrogens is 242 g/mol. The molecule has 0 aromatic heterocycles. The third kappa shape index (κ3) is 4.40. The van der Waals surface area contributed by atoms with Gasteiger partial charge in [-0.05, 0) is 18.4 Å². The van der Waals surface area contributed by atoms with Crippen molar-refractivity contribution in [3.63, 3.8) is 0 Å². The lowest BCUT2D eigenvalue weighted by Gasteiger charge is -2.30. The van der Waals surface area contributed by atoms with Crippen LogP contribution in [0.3, 0.4) is 0 Å². The number of aliphatic hydroxyl groups is 1. The molecule has 4 nitrogen and oxygen atoms in total. The predicted octanol–water partition coefficient (Wildman–Crippen LogP) is 2.29. The van der Waals surface area contributed by atoms with Crippen LogP contribution in [0.15, 0.2) is 18.2 Å². The first kappa shape index (κ1) is 15.8. The quantitative estimate of drug-likeness (QED) is 0.740. The number of aromatic hydroxyl groups is 1. The summed E-state index contributed by atoms with van der Waals surface area (Å²) < 4.78 is 5.35. The molecule has 0 saturated carbocycles. The summed E-state index contributed by atoms with van der Waals surface area (Å²) >= 11 is 0. The van der Waals surface area contributed by atoms with Crippen LogP contribution in [-0.4, -0.2) is 29.5 Å². The van der Waals surface area contributed by atoms with Gasteiger partial charge in [-0.15, -0.1) is 0 Å². The number of ether oxygens (including phenoxy) is 1. The van der Waals surface area contributed by atoms with Gasteiger partial charge in [0.1, 0.15) is 0 Å². The van der Waals surface area contributed by atoms with E-state index in [-0.39, 0.29) is 23.8 Å². The largest absolute Gasteiger partial charge is 0.504 e. The van der Waals surface area contributed by atoms with Gasteiger partial charge in [0.2, 0.25) is 0 Å². The fourth-order valence-corrected chi connectivity index (χ4v) is 1.86. The molecule has 108 valence electrons. The molecule has 4 heteroatoms. The second kappa shape index (κ2) is 6.78. The molecule has 0 radical (unpaired) electrons. The molecule has 1 rings (SSSR count). The highest BCUT2D eigenvalue weighted by Crippen LogP contribution is 2.30. The number of hydrogen-bond acceptors (Lipinski definition) is 4. The second-order valence-electron chi connectivity index (χ2n) is 5.68. The van der Waals surface area contributed by atoms with Crippen LogP contribution < -0.4 is 10.1 Å². The fourth-order valence-electron chi connectivity index (χ4n) is 1.86. The average Bonchev–Trinajstić information content (AvgIpc) is 2.33. The molecule has 1 unspecified atom stereocenters. The van der Waals surface area contributed by atoms with Gasteiger partial charge in [0.25, 0.3) is 0 Å². The number of rotatable bonds is 6. The summed E-state index contributed by atoms with van der Waals surface area (Å²) in [6.45, 7) is 9.16. The zero-order valence-corrected chi connectivity index (χ0v) is 12.2. The average molecular weight is 267 g/mol. The number of phenolic OH excluding ortho intramolecular Hbond substituents is 1. The van der Waals surface area contributed by atoms with E-state index in [9.17, 15) is 10.2 Å². The first-order valence-corrected chi connectivity index (χ1v) is 6.68. The summed E-state index contributed by atoms with van der Waals surface area (Å²) in [5.41, 5.74) is 0.732. The van der Waals surface area contributed by atoms with Crippen LogP contribution >= 0.6 is 0 Å². The highest BCUT2D eigenvalue weighted by molar-refractivity contribution is 5.45. The van der Waals surface area contributed by atoms with Crippen molar-refractivity contribution in [2.75, 3.05) is 13.2 Å². The topological polar surface area (TPSA) is 61.7 Å². The minimum Gasteiger partial charge on any atom is -0.504 e. The third-order valence-corrected chi connectivity index (χ3v) is 3.15. The lowest BCUT2D eigenvalue weighted by Crippen LogP contribution is -2.42. The number of aliphatic hydroxyl groups excluding tert-OH is 1. The lowest BCUT2D eigenvalue weighted by molar-refractivity contribution is 0.157. The van der Waals surface area contributed by atoms with Gasteiger partial charge in [0.15, 0.2) is 11.5 Å². The van der Waals surface area contributed by atoms with Crippen LogP contribution in [0.25, 0.3) is 0 Å². The standard InChI is InChI=1S/C15H25NO3/c1-5-19-12-8-6-7-11(14(12)18)9-16-13(10-17)15(2,3)4/h6-8,13,16-18H,5,9-10H2,1-4H3. The Morgan fingerprint density at radius 2 is 2.00 bits per heavy atom. The molecule has 19 heavy (non-hydrogen) atoms. The Morgan fingerprint density at radius 1 is 1.32 bits per heavy atom. The Labute approximate surface area is 115 Å². The van der Waals surface area contributed by atoms with E-state index in [1.54, 1.807) is 6.07 Å². The monoisotopic (exact) mass is 267 g/mol. The van der Waals surface area contributed by atoms with E-state index in [0.717, 1.165) is 5.56 Å². The van der Waals surface area contributed by atoms with E-state index in [0.29, 0.717) is 18.9 Å². The van der Waals surface area contributed by atoms with Gasteiger partial charge in [0, 0.05) is 18.2 Å². The van der Waals surface area contributed by atoms with Gasteiger partial charge in [-0.1, -0.05) is 32.9 Å². The van der Waals surface area contributed by atoms with Crippen molar-refractivity contribution in [3.05, 3.63) is 23.8 Å². The molecular formula is C15H25NO3. The van der Waals surface area contributed by atoms with E-state index in [2.05, 4.69) is 26.1 Å². The van der Waals surface area contributed by atoms with Gasteiger partial charge in [-0.3, -0.25) is 0 Å². The first-order chi connectivity index (χ1) is 8.90. The molecule has 0 aliphatic carbocycles. The first-order valence-electron chi connectivity index (χ1n) is 6.68. The normalized spacial score (nSPS) is 13.3. The van der Waals surface area contributed by atoms with E-state index in [1.807, 2.05) is 19.1 Å². The summed E-state index contributed by atoms with van der Waals surface area (Å²) in [5, 5.41) is 22.7. The molecule has 1 atom stereocenters. The smallest absolute Gasteiger partial charge is 0.162 e. The van der Waals surface area contributed by atoms with Crippen molar-refractivity contribution >= 4 is 0 Å². The highest BCUT2D eigenvalue weighted by Gasteiger charge is 2.23. The minimum absolute atomic E-state index is 0.0253. The minimum atomic E-state index is -0.0398. The Bertz CT molecular complexity index is 399. The molecule has 0 saturated heterocycles. The molecule has 0 heterocycles. The van der Waals surface area contributed by atoms with E-state index >= 15 is 0 Å². The second-order valence-corrected chi connectivity index (χ2v) is 5.68. The molecule has 1 aromatic rings. The third-order valence-electron chi connectivity index (χ3n) is 3.15. The van der Waals surface area contributed by atoms with E-state index < -0.39 is 0 Å². The molecule has 0 fully saturated rings. The maximum atomic E-state index is 10.1. The molecule has 0 bridgehead atoms. The fraction of sp³-hybridized carbons (Fsp3) is 0.600. The van der Waals surface area contributed by atoms with Crippen LogP contribution in [0.4, 0.5) is 0 Å². The SMILES string of the molecule is CCOc1cccc(CNC(CO)C(C)(C)C)c1O. The number of hydrogen-bond donors (Lipinski definition) is 3. The van der Waals surface area contributed by atoms with Crippen LogP contribution in [0.5, 0.6) is 11.5 Å². The maximum absolute atomic E-state index is 10.1. The lowest BCUT2D eigenvalue weighted by atomic mass is 9.87.